The highest BCUT2D eigenvalue weighted by atomic mass is 35.5. The highest BCUT2D eigenvalue weighted by Gasteiger charge is 2.13. The van der Waals surface area contributed by atoms with Crippen LogP contribution in [0.1, 0.15) is 23.9 Å². The van der Waals surface area contributed by atoms with Gasteiger partial charge in [0, 0.05) is 12.3 Å². The van der Waals surface area contributed by atoms with Gasteiger partial charge in [0.05, 0.1) is 30.1 Å². The minimum absolute atomic E-state index is 0.0733. The molecule has 1 amide bonds. The van der Waals surface area contributed by atoms with Crippen LogP contribution < -0.4 is 10.1 Å². The van der Waals surface area contributed by atoms with Gasteiger partial charge in [-0.05, 0) is 42.3 Å². The first kappa shape index (κ1) is 22.5. The number of hydrogen-bond acceptors (Lipinski definition) is 5. The van der Waals surface area contributed by atoms with Gasteiger partial charge in [-0.3, -0.25) is 4.79 Å². The van der Waals surface area contributed by atoms with E-state index in [1.165, 1.54) is 0 Å². The summed E-state index contributed by atoms with van der Waals surface area (Å²) in [5, 5.41) is 13.3. The molecule has 9 heteroatoms. The molecule has 0 unspecified atom stereocenters. The van der Waals surface area contributed by atoms with Crippen molar-refractivity contribution in [2.24, 2.45) is 0 Å². The lowest BCUT2D eigenvalue weighted by Crippen LogP contribution is -2.26. The minimum Gasteiger partial charge on any atom is -0.497 e. The molecule has 0 saturated heterocycles. The standard InChI is InChI=1S/C21H22Cl2N4O2S/c1-3-27-19(12-24-20(28)11-14-4-7-16(29-2)8-5-14)25-26-21(27)30-13-15-6-9-17(22)18(23)10-15/h4-10H,3,11-13H2,1-2H3,(H,24,28). The van der Waals surface area contributed by atoms with Crippen LogP contribution in [0.5, 0.6) is 5.75 Å². The molecule has 0 atom stereocenters. The number of rotatable bonds is 9. The quantitative estimate of drug-likeness (QED) is 0.462. The van der Waals surface area contributed by atoms with Gasteiger partial charge in [-0.25, -0.2) is 0 Å². The van der Waals surface area contributed by atoms with Crippen molar-refractivity contribution in [3.63, 3.8) is 0 Å². The molecule has 3 rings (SSSR count). The SMILES string of the molecule is CCn1c(CNC(=O)Cc2ccc(OC)cc2)nnc1SCc1ccc(Cl)c(Cl)c1. The summed E-state index contributed by atoms with van der Waals surface area (Å²) in [7, 11) is 1.61. The second kappa shape index (κ2) is 10.7. The summed E-state index contributed by atoms with van der Waals surface area (Å²) in [6, 6.07) is 13.0. The van der Waals surface area contributed by atoms with E-state index in [1.54, 1.807) is 24.9 Å². The summed E-state index contributed by atoms with van der Waals surface area (Å²) in [6.45, 7) is 3.05. The highest BCUT2D eigenvalue weighted by molar-refractivity contribution is 7.98. The third-order valence-electron chi connectivity index (χ3n) is 4.43. The maximum Gasteiger partial charge on any atom is 0.224 e. The first-order chi connectivity index (χ1) is 14.5. The summed E-state index contributed by atoms with van der Waals surface area (Å²) in [5.74, 6) is 2.10. The summed E-state index contributed by atoms with van der Waals surface area (Å²) in [5.41, 5.74) is 1.97. The number of amides is 1. The molecule has 0 aliphatic rings. The molecular weight excluding hydrogens is 443 g/mol. The topological polar surface area (TPSA) is 69.0 Å². The van der Waals surface area contributed by atoms with Gasteiger partial charge in [-0.1, -0.05) is 53.2 Å². The molecule has 0 aliphatic carbocycles. The van der Waals surface area contributed by atoms with E-state index in [-0.39, 0.29) is 5.91 Å². The number of nitrogens with zero attached hydrogens (tertiary/aromatic N) is 3. The Morgan fingerprint density at radius 3 is 2.50 bits per heavy atom. The monoisotopic (exact) mass is 464 g/mol. The first-order valence-electron chi connectivity index (χ1n) is 9.38. The fraction of sp³-hybridized carbons (Fsp3) is 0.286. The fourth-order valence-electron chi connectivity index (χ4n) is 2.82. The largest absolute Gasteiger partial charge is 0.497 e. The number of nitrogens with one attached hydrogen (secondary N) is 1. The third-order valence-corrected chi connectivity index (χ3v) is 6.21. The van der Waals surface area contributed by atoms with E-state index in [9.17, 15) is 4.79 Å². The van der Waals surface area contributed by atoms with E-state index in [0.29, 0.717) is 35.3 Å². The number of benzene rings is 2. The van der Waals surface area contributed by atoms with E-state index in [1.807, 2.05) is 47.9 Å². The first-order valence-corrected chi connectivity index (χ1v) is 11.1. The normalized spacial score (nSPS) is 10.8. The van der Waals surface area contributed by atoms with Gasteiger partial charge in [0.2, 0.25) is 5.91 Å². The van der Waals surface area contributed by atoms with Gasteiger partial charge in [-0.2, -0.15) is 0 Å². The molecule has 0 aliphatic heterocycles. The van der Waals surface area contributed by atoms with Crippen LogP contribution in [0.25, 0.3) is 0 Å². The molecule has 0 saturated carbocycles. The number of halogens is 2. The number of methoxy groups -OCH3 is 1. The Hall–Kier alpha value is -2.22. The molecule has 6 nitrogen and oxygen atoms in total. The molecular formula is C21H22Cl2N4O2S. The van der Waals surface area contributed by atoms with Gasteiger partial charge < -0.3 is 14.6 Å². The summed E-state index contributed by atoms with van der Waals surface area (Å²) < 4.78 is 7.13. The molecule has 0 spiro atoms. The minimum atomic E-state index is -0.0733. The summed E-state index contributed by atoms with van der Waals surface area (Å²) in [4.78, 5) is 12.3. The van der Waals surface area contributed by atoms with Crippen LogP contribution in [0, 0.1) is 0 Å². The Bertz CT molecular complexity index is 1010. The van der Waals surface area contributed by atoms with Crippen molar-refractivity contribution in [2.45, 2.75) is 37.3 Å². The fourth-order valence-corrected chi connectivity index (χ4v) is 4.11. The van der Waals surface area contributed by atoms with Crippen molar-refractivity contribution in [3.05, 3.63) is 69.5 Å². The smallest absolute Gasteiger partial charge is 0.224 e. The van der Waals surface area contributed by atoms with E-state index >= 15 is 0 Å². The lowest BCUT2D eigenvalue weighted by atomic mass is 10.1. The van der Waals surface area contributed by atoms with E-state index < -0.39 is 0 Å². The van der Waals surface area contributed by atoms with Gasteiger partial charge in [0.25, 0.3) is 0 Å². The Kier molecular flexibility index (Phi) is 8.01. The van der Waals surface area contributed by atoms with Gasteiger partial charge in [-0.15, -0.1) is 10.2 Å². The second-order valence-electron chi connectivity index (χ2n) is 6.48. The lowest BCUT2D eigenvalue weighted by Gasteiger charge is -2.09. The lowest BCUT2D eigenvalue weighted by molar-refractivity contribution is -0.120. The molecule has 0 radical (unpaired) electrons. The maximum atomic E-state index is 12.3. The van der Waals surface area contributed by atoms with E-state index in [2.05, 4.69) is 15.5 Å². The summed E-state index contributed by atoms with van der Waals surface area (Å²) in [6.07, 6.45) is 0.295. The molecule has 0 fully saturated rings. The molecule has 30 heavy (non-hydrogen) atoms. The molecule has 1 N–H and O–H groups in total. The third kappa shape index (κ3) is 5.90. The van der Waals surface area contributed by atoms with Gasteiger partial charge >= 0.3 is 0 Å². The summed E-state index contributed by atoms with van der Waals surface area (Å²) >= 11 is 13.6. The molecule has 0 bridgehead atoms. The molecule has 158 valence electrons. The van der Waals surface area contributed by atoms with Crippen molar-refractivity contribution in [1.29, 1.82) is 0 Å². The van der Waals surface area contributed by atoms with Crippen molar-refractivity contribution in [1.82, 2.24) is 20.1 Å². The van der Waals surface area contributed by atoms with Crippen molar-refractivity contribution in [2.75, 3.05) is 7.11 Å². The van der Waals surface area contributed by atoms with Crippen LogP contribution in [0.3, 0.4) is 0 Å². The van der Waals surface area contributed by atoms with Crippen LogP contribution in [-0.2, 0) is 30.1 Å². The average Bonchev–Trinajstić information content (AvgIpc) is 3.15. The Balaban J connectivity index is 1.56. The van der Waals surface area contributed by atoms with Crippen molar-refractivity contribution in [3.8, 4) is 5.75 Å². The predicted octanol–water partition coefficient (Wildman–Crippen LogP) is 4.76. The van der Waals surface area contributed by atoms with Crippen LogP contribution in [0.2, 0.25) is 10.0 Å². The number of carbonyl (C=O) groups excluding carboxylic acids is 1. The van der Waals surface area contributed by atoms with Crippen molar-refractivity contribution >= 4 is 40.9 Å². The number of ether oxygens (including phenoxy) is 1. The number of aromatic nitrogens is 3. The zero-order valence-electron chi connectivity index (χ0n) is 16.7. The molecule has 1 aromatic heterocycles. The predicted molar refractivity (Wildman–Crippen MR) is 120 cm³/mol. The maximum absolute atomic E-state index is 12.3. The molecule has 2 aromatic carbocycles. The zero-order valence-corrected chi connectivity index (χ0v) is 19.0. The Labute approximate surface area is 189 Å². The number of hydrogen-bond donors (Lipinski definition) is 1. The second-order valence-corrected chi connectivity index (χ2v) is 8.24. The Morgan fingerprint density at radius 2 is 1.83 bits per heavy atom. The number of thioether (sulfide) groups is 1. The Morgan fingerprint density at radius 1 is 1.10 bits per heavy atom. The number of carbonyl (C=O) groups is 1. The van der Waals surface area contributed by atoms with E-state index in [0.717, 1.165) is 27.9 Å². The van der Waals surface area contributed by atoms with Crippen LogP contribution >= 0.6 is 35.0 Å². The van der Waals surface area contributed by atoms with E-state index in [4.69, 9.17) is 27.9 Å². The molecule has 3 aromatic rings. The van der Waals surface area contributed by atoms with Crippen LogP contribution in [0.15, 0.2) is 47.6 Å². The van der Waals surface area contributed by atoms with Crippen LogP contribution in [-0.4, -0.2) is 27.8 Å². The molecule has 1 heterocycles. The van der Waals surface area contributed by atoms with Gasteiger partial charge in [0.1, 0.15) is 5.75 Å². The van der Waals surface area contributed by atoms with Crippen molar-refractivity contribution < 1.29 is 9.53 Å². The highest BCUT2D eigenvalue weighted by Crippen LogP contribution is 2.27. The zero-order chi connectivity index (χ0) is 21.5. The van der Waals surface area contributed by atoms with Crippen LogP contribution in [0.4, 0.5) is 0 Å². The van der Waals surface area contributed by atoms with Gasteiger partial charge in [0.15, 0.2) is 11.0 Å². The average molecular weight is 465 g/mol.